The van der Waals surface area contributed by atoms with Crippen molar-refractivity contribution >= 4 is 33.2 Å². The summed E-state index contributed by atoms with van der Waals surface area (Å²) in [6.07, 6.45) is 7.15. The Bertz CT molecular complexity index is 1130. The van der Waals surface area contributed by atoms with E-state index in [2.05, 4.69) is 22.6 Å². The number of carbonyl (C=O) groups excluding carboxylic acids is 1. The number of hydrogen-bond acceptors (Lipinski definition) is 5. The summed E-state index contributed by atoms with van der Waals surface area (Å²) in [7, 11) is -3.43. The molecule has 1 heterocycles. The third-order valence-electron chi connectivity index (χ3n) is 6.46. The summed E-state index contributed by atoms with van der Waals surface area (Å²) in [5.41, 5.74) is 1.92. The second-order valence-corrected chi connectivity index (χ2v) is 11.5. The Hall–Kier alpha value is -2.38. The number of amides is 1. The molecule has 1 atom stereocenters. The first-order valence-electron chi connectivity index (χ1n) is 11.5. The lowest BCUT2D eigenvalue weighted by atomic mass is 9.87. The van der Waals surface area contributed by atoms with E-state index in [1.54, 1.807) is 12.1 Å². The van der Waals surface area contributed by atoms with E-state index in [9.17, 15) is 13.2 Å². The molecule has 0 aromatic heterocycles. The lowest BCUT2D eigenvalue weighted by molar-refractivity contribution is -0.121. The van der Waals surface area contributed by atoms with Gasteiger partial charge in [0, 0.05) is 19.2 Å². The standard InChI is InChI=1S/C25H30ClN3O3S/c1-33(31,32)23-12-11-20(16-22(23)26)21(15-18-7-5-6-8-18)25(30)27-24-13-14-29(28-24)17-19-9-3-2-4-10-19/h2-4,9-12,16,18,21H,5-8,13-15,17H2,1H3,(H,27,28,30)/t21-/m1/s1. The number of nitrogens with zero attached hydrogens (tertiary/aromatic N) is 2. The number of benzene rings is 2. The van der Waals surface area contributed by atoms with Gasteiger partial charge in [-0.2, -0.15) is 5.10 Å². The highest BCUT2D eigenvalue weighted by Gasteiger charge is 2.29. The number of hydrogen-bond donors (Lipinski definition) is 1. The average molecular weight is 488 g/mol. The van der Waals surface area contributed by atoms with E-state index in [4.69, 9.17) is 11.6 Å². The fraction of sp³-hybridized carbons (Fsp3) is 0.440. The van der Waals surface area contributed by atoms with Crippen molar-refractivity contribution in [1.82, 2.24) is 10.3 Å². The number of hydrazone groups is 1. The maximum atomic E-state index is 13.4. The van der Waals surface area contributed by atoms with Gasteiger partial charge in [0.05, 0.1) is 22.4 Å². The van der Waals surface area contributed by atoms with E-state index in [1.807, 2.05) is 23.2 Å². The Kier molecular flexibility index (Phi) is 7.39. The lowest BCUT2D eigenvalue weighted by Crippen LogP contribution is -2.34. The normalized spacial score (nSPS) is 17.8. The van der Waals surface area contributed by atoms with E-state index in [0.717, 1.165) is 37.6 Å². The van der Waals surface area contributed by atoms with Crippen LogP contribution in [0.3, 0.4) is 0 Å². The fourth-order valence-corrected chi connectivity index (χ4v) is 6.08. The van der Waals surface area contributed by atoms with Crippen LogP contribution in [0.25, 0.3) is 0 Å². The van der Waals surface area contributed by atoms with E-state index in [-0.39, 0.29) is 15.8 Å². The van der Waals surface area contributed by atoms with E-state index < -0.39 is 15.8 Å². The summed E-state index contributed by atoms with van der Waals surface area (Å²) in [4.78, 5) is 13.5. The summed E-state index contributed by atoms with van der Waals surface area (Å²) < 4.78 is 23.9. The van der Waals surface area contributed by atoms with Crippen molar-refractivity contribution in [3.8, 4) is 0 Å². The predicted molar refractivity (Wildman–Crippen MR) is 131 cm³/mol. The largest absolute Gasteiger partial charge is 0.312 e. The molecule has 33 heavy (non-hydrogen) atoms. The quantitative estimate of drug-likeness (QED) is 0.611. The van der Waals surface area contributed by atoms with Crippen LogP contribution in [0, 0.1) is 5.92 Å². The summed E-state index contributed by atoms with van der Waals surface area (Å²) in [5.74, 6) is 0.649. The van der Waals surface area contributed by atoms with Gasteiger partial charge in [0.25, 0.3) is 0 Å². The molecular formula is C25H30ClN3O3S. The number of carbonyl (C=O) groups is 1. The number of sulfone groups is 1. The maximum absolute atomic E-state index is 13.4. The van der Waals surface area contributed by atoms with Crippen molar-refractivity contribution in [2.45, 2.75) is 55.9 Å². The Morgan fingerprint density at radius 2 is 1.91 bits per heavy atom. The predicted octanol–water partition coefficient (Wildman–Crippen LogP) is 4.74. The van der Waals surface area contributed by atoms with Gasteiger partial charge in [-0.15, -0.1) is 0 Å². The first-order valence-corrected chi connectivity index (χ1v) is 13.7. The van der Waals surface area contributed by atoms with Crippen LogP contribution < -0.4 is 5.32 Å². The molecule has 0 spiro atoms. The number of halogens is 1. The molecule has 1 N–H and O–H groups in total. The summed E-state index contributed by atoms with van der Waals surface area (Å²) in [6.45, 7) is 1.46. The molecule has 1 amide bonds. The maximum Gasteiger partial charge on any atom is 0.232 e. The molecule has 1 aliphatic carbocycles. The van der Waals surface area contributed by atoms with Crippen LogP contribution in [-0.4, -0.2) is 38.0 Å². The zero-order valence-electron chi connectivity index (χ0n) is 18.8. The van der Waals surface area contributed by atoms with Crippen molar-refractivity contribution < 1.29 is 13.2 Å². The van der Waals surface area contributed by atoms with Crippen molar-refractivity contribution in [2.24, 2.45) is 11.0 Å². The van der Waals surface area contributed by atoms with Gasteiger partial charge >= 0.3 is 0 Å². The molecule has 1 fully saturated rings. The molecule has 2 aromatic rings. The van der Waals surface area contributed by atoms with Crippen LogP contribution in [-0.2, 0) is 21.2 Å². The van der Waals surface area contributed by atoms with E-state index in [1.165, 1.54) is 24.5 Å². The second kappa shape index (κ2) is 10.3. The van der Waals surface area contributed by atoms with Gasteiger partial charge in [-0.3, -0.25) is 9.80 Å². The smallest absolute Gasteiger partial charge is 0.232 e. The Labute approximate surface area is 200 Å². The van der Waals surface area contributed by atoms with Crippen LogP contribution in [0.15, 0.2) is 58.5 Å². The topological polar surface area (TPSA) is 78.8 Å². The van der Waals surface area contributed by atoms with E-state index in [0.29, 0.717) is 24.7 Å². The third-order valence-corrected chi connectivity index (χ3v) is 8.04. The average Bonchev–Trinajstić information content (AvgIpc) is 3.44. The lowest BCUT2D eigenvalue weighted by Gasteiger charge is -2.21. The zero-order valence-corrected chi connectivity index (χ0v) is 20.4. The Balaban J connectivity index is 1.50. The zero-order chi connectivity index (χ0) is 23.4. The van der Waals surface area contributed by atoms with Gasteiger partial charge in [0.2, 0.25) is 5.91 Å². The highest BCUT2D eigenvalue weighted by molar-refractivity contribution is 7.90. The van der Waals surface area contributed by atoms with Gasteiger partial charge < -0.3 is 5.32 Å². The molecule has 4 rings (SSSR count). The number of nitrogens with one attached hydrogen (secondary N) is 1. The van der Waals surface area contributed by atoms with Crippen molar-refractivity contribution in [3.05, 3.63) is 64.7 Å². The minimum Gasteiger partial charge on any atom is -0.312 e. The molecule has 176 valence electrons. The van der Waals surface area contributed by atoms with Gasteiger partial charge in [0.1, 0.15) is 5.84 Å². The van der Waals surface area contributed by atoms with Crippen molar-refractivity contribution in [1.29, 1.82) is 0 Å². The first-order chi connectivity index (χ1) is 15.8. The van der Waals surface area contributed by atoms with Crippen LogP contribution in [0.4, 0.5) is 0 Å². The van der Waals surface area contributed by atoms with Crippen LogP contribution in [0.2, 0.25) is 5.02 Å². The molecular weight excluding hydrogens is 458 g/mol. The molecule has 2 aliphatic rings. The van der Waals surface area contributed by atoms with Gasteiger partial charge in [-0.25, -0.2) is 8.42 Å². The first kappa shape index (κ1) is 23.8. The summed E-state index contributed by atoms with van der Waals surface area (Å²) >= 11 is 6.30. The molecule has 0 saturated heterocycles. The molecule has 0 bridgehead atoms. The Morgan fingerprint density at radius 3 is 2.58 bits per heavy atom. The highest BCUT2D eigenvalue weighted by atomic mass is 35.5. The minimum absolute atomic E-state index is 0.0877. The second-order valence-electron chi connectivity index (χ2n) is 9.06. The van der Waals surface area contributed by atoms with Crippen LogP contribution in [0.5, 0.6) is 0 Å². The minimum atomic E-state index is -3.43. The molecule has 2 aromatic carbocycles. The highest BCUT2D eigenvalue weighted by Crippen LogP contribution is 2.36. The van der Waals surface area contributed by atoms with Gasteiger partial charge in [-0.1, -0.05) is 73.7 Å². The van der Waals surface area contributed by atoms with Crippen LogP contribution >= 0.6 is 11.6 Å². The van der Waals surface area contributed by atoms with Crippen molar-refractivity contribution in [3.63, 3.8) is 0 Å². The van der Waals surface area contributed by atoms with Crippen LogP contribution in [0.1, 0.15) is 55.6 Å². The molecule has 6 nitrogen and oxygen atoms in total. The molecule has 0 radical (unpaired) electrons. The SMILES string of the molecule is CS(=O)(=O)c1ccc([C@@H](CC2CCCC2)C(=O)NC2=NN(Cc3ccccc3)CC2)cc1Cl. The molecule has 8 heteroatoms. The fourth-order valence-electron chi connectivity index (χ4n) is 4.74. The third kappa shape index (κ3) is 6.15. The molecule has 0 unspecified atom stereocenters. The van der Waals surface area contributed by atoms with Gasteiger partial charge in [0.15, 0.2) is 9.84 Å². The molecule has 1 saturated carbocycles. The van der Waals surface area contributed by atoms with E-state index >= 15 is 0 Å². The Morgan fingerprint density at radius 1 is 1.18 bits per heavy atom. The number of rotatable bonds is 7. The summed E-state index contributed by atoms with van der Waals surface area (Å²) in [5, 5.41) is 9.77. The number of amidine groups is 1. The summed E-state index contributed by atoms with van der Waals surface area (Å²) in [6, 6.07) is 15.0. The van der Waals surface area contributed by atoms with Gasteiger partial charge in [-0.05, 0) is 35.6 Å². The monoisotopic (exact) mass is 487 g/mol. The molecule has 1 aliphatic heterocycles. The van der Waals surface area contributed by atoms with Crippen molar-refractivity contribution in [2.75, 3.05) is 12.8 Å².